The standard InChI is InChI=1S/C17H14FN2O3S/c1-12-11-20(24(21,22)15-9-5-6-10-19-15)16(17(12)23-2)13-7-3-4-8-14(13)18/h3-11H,1H2,2H3. The molecule has 0 bridgehead atoms. The molecule has 24 heavy (non-hydrogen) atoms. The zero-order valence-corrected chi connectivity index (χ0v) is 13.6. The van der Waals surface area contributed by atoms with Gasteiger partial charge in [-0.3, -0.25) is 0 Å². The van der Waals surface area contributed by atoms with Gasteiger partial charge in [-0.25, -0.2) is 13.3 Å². The number of benzene rings is 1. The highest BCUT2D eigenvalue weighted by Gasteiger charge is 2.27. The normalized spacial score (nSPS) is 11.5. The average molecular weight is 345 g/mol. The SMILES string of the molecule is [CH2]c1cn(S(=O)(=O)c2ccccn2)c(-c2ccccc2F)c1OC. The van der Waals surface area contributed by atoms with Crippen molar-refractivity contribution >= 4 is 10.0 Å². The monoisotopic (exact) mass is 345 g/mol. The summed E-state index contributed by atoms with van der Waals surface area (Å²) in [6.45, 7) is 3.78. The van der Waals surface area contributed by atoms with Crippen LogP contribution in [0.5, 0.6) is 5.75 Å². The van der Waals surface area contributed by atoms with Crippen LogP contribution < -0.4 is 4.74 Å². The molecule has 0 aliphatic rings. The summed E-state index contributed by atoms with van der Waals surface area (Å²) in [5.74, 6) is -0.369. The number of hydrogen-bond donors (Lipinski definition) is 0. The van der Waals surface area contributed by atoms with Crippen LogP contribution in [0.15, 0.2) is 59.9 Å². The van der Waals surface area contributed by atoms with Gasteiger partial charge in [-0.1, -0.05) is 18.2 Å². The maximum absolute atomic E-state index is 14.3. The molecule has 7 heteroatoms. The number of nitrogens with zero attached hydrogens (tertiary/aromatic N) is 2. The molecule has 0 fully saturated rings. The molecule has 3 aromatic rings. The van der Waals surface area contributed by atoms with Crippen LogP contribution in [0.1, 0.15) is 5.56 Å². The number of aromatic nitrogens is 2. The van der Waals surface area contributed by atoms with Gasteiger partial charge in [-0.2, -0.15) is 8.42 Å². The predicted molar refractivity (Wildman–Crippen MR) is 87.7 cm³/mol. The van der Waals surface area contributed by atoms with Crippen molar-refractivity contribution in [2.75, 3.05) is 7.11 Å². The Balaban J connectivity index is 2.33. The van der Waals surface area contributed by atoms with E-state index in [1.54, 1.807) is 18.2 Å². The van der Waals surface area contributed by atoms with Crippen molar-refractivity contribution in [2.24, 2.45) is 0 Å². The van der Waals surface area contributed by atoms with E-state index in [-0.39, 0.29) is 22.0 Å². The summed E-state index contributed by atoms with van der Waals surface area (Å²) >= 11 is 0. The maximum Gasteiger partial charge on any atom is 0.285 e. The Hall–Kier alpha value is -2.67. The van der Waals surface area contributed by atoms with Gasteiger partial charge in [-0.15, -0.1) is 0 Å². The largest absolute Gasteiger partial charge is 0.494 e. The molecule has 0 spiro atoms. The van der Waals surface area contributed by atoms with E-state index in [9.17, 15) is 12.8 Å². The lowest BCUT2D eigenvalue weighted by atomic mass is 10.1. The topological polar surface area (TPSA) is 61.2 Å². The molecule has 0 saturated heterocycles. The highest BCUT2D eigenvalue weighted by molar-refractivity contribution is 7.90. The third-order valence-electron chi connectivity index (χ3n) is 3.49. The maximum atomic E-state index is 14.3. The van der Waals surface area contributed by atoms with Crippen LogP contribution in [-0.4, -0.2) is 24.5 Å². The molecule has 1 radical (unpaired) electrons. The van der Waals surface area contributed by atoms with Crippen LogP contribution in [0.25, 0.3) is 11.3 Å². The molecule has 0 saturated carbocycles. The summed E-state index contributed by atoms with van der Waals surface area (Å²) in [5, 5.41) is -0.153. The van der Waals surface area contributed by atoms with Crippen LogP contribution in [-0.2, 0) is 10.0 Å². The number of rotatable bonds is 4. The summed E-state index contributed by atoms with van der Waals surface area (Å²) in [6, 6.07) is 10.4. The third-order valence-corrected chi connectivity index (χ3v) is 5.07. The molecule has 2 heterocycles. The second kappa shape index (κ2) is 6.09. The minimum Gasteiger partial charge on any atom is -0.494 e. The molecule has 123 valence electrons. The van der Waals surface area contributed by atoms with E-state index in [1.165, 1.54) is 43.8 Å². The summed E-state index contributed by atoms with van der Waals surface area (Å²) in [5.41, 5.74) is 0.505. The van der Waals surface area contributed by atoms with Gasteiger partial charge in [0, 0.05) is 23.5 Å². The molecule has 0 amide bonds. The van der Waals surface area contributed by atoms with Gasteiger partial charge in [-0.05, 0) is 31.2 Å². The highest BCUT2D eigenvalue weighted by Crippen LogP contribution is 2.37. The summed E-state index contributed by atoms with van der Waals surface area (Å²) in [6.07, 6.45) is 2.67. The number of halogens is 1. The lowest BCUT2D eigenvalue weighted by Crippen LogP contribution is -2.15. The Bertz CT molecular complexity index is 982. The second-order valence-electron chi connectivity index (χ2n) is 4.98. The Labute approximate surface area is 139 Å². The molecular weight excluding hydrogens is 331 g/mol. The quantitative estimate of drug-likeness (QED) is 0.729. The first-order valence-electron chi connectivity index (χ1n) is 6.99. The molecule has 0 unspecified atom stereocenters. The van der Waals surface area contributed by atoms with Crippen molar-refractivity contribution in [3.05, 3.63) is 73.2 Å². The van der Waals surface area contributed by atoms with Crippen molar-refractivity contribution in [2.45, 2.75) is 5.03 Å². The third kappa shape index (κ3) is 2.56. The molecule has 0 aliphatic carbocycles. The molecule has 0 N–H and O–H groups in total. The van der Waals surface area contributed by atoms with Gasteiger partial charge in [0.2, 0.25) is 0 Å². The Morgan fingerprint density at radius 2 is 1.88 bits per heavy atom. The minimum absolute atomic E-state index is 0.0752. The van der Waals surface area contributed by atoms with E-state index in [4.69, 9.17) is 4.74 Å². The van der Waals surface area contributed by atoms with Gasteiger partial charge < -0.3 is 4.74 Å². The number of methoxy groups -OCH3 is 1. The van der Waals surface area contributed by atoms with E-state index in [1.807, 2.05) is 0 Å². The zero-order chi connectivity index (χ0) is 17.3. The molecule has 5 nitrogen and oxygen atoms in total. The van der Waals surface area contributed by atoms with E-state index >= 15 is 0 Å². The fourth-order valence-electron chi connectivity index (χ4n) is 2.43. The second-order valence-corrected chi connectivity index (χ2v) is 6.75. The number of pyridine rings is 1. The van der Waals surface area contributed by atoms with Crippen molar-refractivity contribution in [3.63, 3.8) is 0 Å². The van der Waals surface area contributed by atoms with Crippen LogP contribution >= 0.6 is 0 Å². The van der Waals surface area contributed by atoms with Gasteiger partial charge in [0.15, 0.2) is 5.03 Å². The lowest BCUT2D eigenvalue weighted by molar-refractivity contribution is 0.415. The predicted octanol–water partition coefficient (Wildman–Crippen LogP) is 3.12. The summed E-state index contributed by atoms with van der Waals surface area (Å²) in [4.78, 5) is 3.88. The molecule has 2 aromatic heterocycles. The Morgan fingerprint density at radius 3 is 2.50 bits per heavy atom. The molecule has 0 atom stereocenters. The first-order chi connectivity index (χ1) is 11.5. The van der Waals surface area contributed by atoms with Crippen LogP contribution in [0.3, 0.4) is 0 Å². The van der Waals surface area contributed by atoms with Crippen molar-refractivity contribution in [1.82, 2.24) is 8.96 Å². The smallest absolute Gasteiger partial charge is 0.285 e. The Kier molecular flexibility index (Phi) is 4.11. The first kappa shape index (κ1) is 16.2. The molecule has 1 aromatic carbocycles. The van der Waals surface area contributed by atoms with Crippen molar-refractivity contribution in [3.8, 4) is 17.0 Å². The minimum atomic E-state index is -4.03. The highest BCUT2D eigenvalue weighted by atomic mass is 32.2. The van der Waals surface area contributed by atoms with Gasteiger partial charge in [0.1, 0.15) is 17.3 Å². The van der Waals surface area contributed by atoms with E-state index in [0.717, 1.165) is 3.97 Å². The van der Waals surface area contributed by atoms with Gasteiger partial charge in [0.25, 0.3) is 10.0 Å². The van der Waals surface area contributed by atoms with Crippen LogP contribution in [0, 0.1) is 12.7 Å². The van der Waals surface area contributed by atoms with Crippen molar-refractivity contribution in [1.29, 1.82) is 0 Å². The number of hydrogen-bond acceptors (Lipinski definition) is 4. The van der Waals surface area contributed by atoms with Crippen LogP contribution in [0.4, 0.5) is 4.39 Å². The van der Waals surface area contributed by atoms with Gasteiger partial charge in [0.05, 0.1) is 7.11 Å². The first-order valence-corrected chi connectivity index (χ1v) is 8.43. The molecular formula is C17H14FN2O3S. The zero-order valence-electron chi connectivity index (χ0n) is 12.8. The Morgan fingerprint density at radius 1 is 1.17 bits per heavy atom. The van der Waals surface area contributed by atoms with E-state index in [2.05, 4.69) is 11.9 Å². The van der Waals surface area contributed by atoms with Crippen molar-refractivity contribution < 1.29 is 17.5 Å². The fourth-order valence-corrected chi connectivity index (χ4v) is 3.76. The summed E-state index contributed by atoms with van der Waals surface area (Å²) < 4.78 is 46.3. The van der Waals surface area contributed by atoms with E-state index in [0.29, 0.717) is 5.56 Å². The fraction of sp³-hybridized carbons (Fsp3) is 0.0588. The average Bonchev–Trinajstić information content (AvgIpc) is 2.93. The van der Waals surface area contributed by atoms with E-state index < -0.39 is 15.8 Å². The molecule has 0 aliphatic heterocycles. The summed E-state index contributed by atoms with van der Waals surface area (Å²) in [7, 11) is -2.65. The lowest BCUT2D eigenvalue weighted by Gasteiger charge is -2.12. The number of ether oxygens (including phenoxy) is 1. The van der Waals surface area contributed by atoms with Gasteiger partial charge >= 0.3 is 0 Å². The molecule has 3 rings (SSSR count). The van der Waals surface area contributed by atoms with Crippen LogP contribution in [0.2, 0.25) is 0 Å².